The molecule has 6 rings (SSSR count). The second-order valence-corrected chi connectivity index (χ2v) is 10.6. The average molecular weight is 529 g/mol. The van der Waals surface area contributed by atoms with E-state index in [0.717, 1.165) is 16.1 Å². The lowest BCUT2D eigenvalue weighted by Crippen LogP contribution is -2.33. The van der Waals surface area contributed by atoms with E-state index >= 15 is 0 Å². The zero-order chi connectivity index (χ0) is 24.9. The number of pyridine rings is 1. The number of aliphatic hydroxyl groups is 1. The molecule has 5 aromatic heterocycles. The van der Waals surface area contributed by atoms with E-state index in [9.17, 15) is 5.11 Å². The highest BCUT2D eigenvalue weighted by Gasteiger charge is 2.35. The standard InChI is InChI=1S/C23H24N6O5S2/c1-13-17(24-20(35-13)23(30)4-6-33-7-5-23)12-34-19-8-14(31-2)10-28-18(19)9-15(26-28)16-11-29-21(25-16)36-22(27-29)32-3/h8-11,30H,4-7,12H2,1-3H3. The van der Waals surface area contributed by atoms with Crippen LogP contribution in [0.4, 0.5) is 0 Å². The monoisotopic (exact) mass is 528 g/mol. The van der Waals surface area contributed by atoms with Gasteiger partial charge in [0.05, 0.1) is 32.3 Å². The van der Waals surface area contributed by atoms with Crippen LogP contribution in [-0.2, 0) is 16.9 Å². The fourth-order valence-electron chi connectivity index (χ4n) is 4.11. The van der Waals surface area contributed by atoms with Crippen molar-refractivity contribution in [3.05, 3.63) is 40.1 Å². The third kappa shape index (κ3) is 4.07. The Labute approximate surface area is 213 Å². The lowest BCUT2D eigenvalue weighted by Gasteiger charge is -2.29. The van der Waals surface area contributed by atoms with Gasteiger partial charge in [0, 0.05) is 37.0 Å². The summed E-state index contributed by atoms with van der Waals surface area (Å²) in [5, 5.41) is 21.3. The molecule has 0 radical (unpaired) electrons. The van der Waals surface area contributed by atoms with Crippen LogP contribution in [0, 0.1) is 6.92 Å². The molecule has 188 valence electrons. The number of imidazole rings is 1. The number of aryl methyl sites for hydroxylation is 1. The van der Waals surface area contributed by atoms with Crippen molar-refractivity contribution in [2.75, 3.05) is 27.4 Å². The Hall–Kier alpha value is -3.26. The first-order chi connectivity index (χ1) is 17.5. The van der Waals surface area contributed by atoms with Crippen LogP contribution in [0.25, 0.3) is 21.9 Å². The van der Waals surface area contributed by atoms with E-state index in [4.69, 9.17) is 23.9 Å². The zero-order valence-corrected chi connectivity index (χ0v) is 21.6. The van der Waals surface area contributed by atoms with Gasteiger partial charge in [-0.25, -0.2) is 19.0 Å². The van der Waals surface area contributed by atoms with Crippen molar-refractivity contribution >= 4 is 33.2 Å². The molecule has 13 heteroatoms. The zero-order valence-electron chi connectivity index (χ0n) is 19.9. The summed E-state index contributed by atoms with van der Waals surface area (Å²) >= 11 is 2.87. The quantitative estimate of drug-likeness (QED) is 0.339. The normalized spacial score (nSPS) is 15.6. The Morgan fingerprint density at radius 2 is 1.86 bits per heavy atom. The number of hydrogen-bond donors (Lipinski definition) is 1. The maximum absolute atomic E-state index is 11.0. The van der Waals surface area contributed by atoms with E-state index in [0.29, 0.717) is 64.1 Å². The van der Waals surface area contributed by atoms with Crippen molar-refractivity contribution in [2.45, 2.75) is 32.0 Å². The predicted octanol–water partition coefficient (Wildman–Crippen LogP) is 3.46. The molecule has 0 amide bonds. The summed E-state index contributed by atoms with van der Waals surface area (Å²) in [6, 6.07) is 3.75. The number of aromatic nitrogens is 6. The Kier molecular flexibility index (Phi) is 5.79. The minimum atomic E-state index is -0.938. The molecule has 1 aliphatic rings. The number of hydrogen-bond acceptors (Lipinski definition) is 11. The van der Waals surface area contributed by atoms with Crippen LogP contribution in [0.2, 0.25) is 0 Å². The van der Waals surface area contributed by atoms with Crippen molar-refractivity contribution < 1.29 is 24.1 Å². The second-order valence-electron chi connectivity index (χ2n) is 8.48. The SMILES string of the molecule is COc1cc(OCc2nc(C3(O)CCOCC3)sc2C)c2cc(-c3cn4nc(OC)sc4n3)nn2c1. The largest absolute Gasteiger partial charge is 0.495 e. The van der Waals surface area contributed by atoms with Gasteiger partial charge in [0.2, 0.25) is 4.96 Å². The van der Waals surface area contributed by atoms with E-state index < -0.39 is 5.60 Å². The van der Waals surface area contributed by atoms with E-state index in [1.807, 2.05) is 25.3 Å². The maximum atomic E-state index is 11.0. The molecule has 0 spiro atoms. The van der Waals surface area contributed by atoms with Gasteiger partial charge in [-0.2, -0.15) is 5.10 Å². The summed E-state index contributed by atoms with van der Waals surface area (Å²) in [7, 11) is 3.18. The summed E-state index contributed by atoms with van der Waals surface area (Å²) in [5.74, 6) is 1.21. The fourth-order valence-corrected chi connectivity index (χ4v) is 5.87. The first kappa shape index (κ1) is 23.2. The van der Waals surface area contributed by atoms with Crippen molar-refractivity contribution in [3.8, 4) is 28.1 Å². The molecule has 1 aliphatic heterocycles. The Morgan fingerprint density at radius 3 is 2.61 bits per heavy atom. The minimum absolute atomic E-state index is 0.252. The molecule has 1 saturated heterocycles. The lowest BCUT2D eigenvalue weighted by atomic mass is 9.95. The molecule has 36 heavy (non-hydrogen) atoms. The second kappa shape index (κ2) is 9.00. The van der Waals surface area contributed by atoms with Crippen LogP contribution < -0.4 is 14.2 Å². The minimum Gasteiger partial charge on any atom is -0.495 e. The maximum Gasteiger partial charge on any atom is 0.294 e. The number of thiazole rings is 1. The molecule has 0 saturated carbocycles. The molecule has 0 unspecified atom stereocenters. The van der Waals surface area contributed by atoms with Gasteiger partial charge >= 0.3 is 0 Å². The Bertz CT molecular complexity index is 1520. The van der Waals surface area contributed by atoms with Gasteiger partial charge in [0.1, 0.15) is 45.6 Å². The molecule has 1 fully saturated rings. The molecule has 0 aromatic carbocycles. The Morgan fingerprint density at radius 1 is 1.03 bits per heavy atom. The van der Waals surface area contributed by atoms with Crippen molar-refractivity contribution in [1.29, 1.82) is 0 Å². The summed E-state index contributed by atoms with van der Waals surface area (Å²) in [5.41, 5.74) is 1.99. The highest BCUT2D eigenvalue weighted by molar-refractivity contribution is 7.18. The molecule has 1 N–H and O–H groups in total. The van der Waals surface area contributed by atoms with Gasteiger partial charge in [0.15, 0.2) is 0 Å². The summed E-state index contributed by atoms with van der Waals surface area (Å²) in [4.78, 5) is 11.1. The molecular formula is C23H24N6O5S2. The van der Waals surface area contributed by atoms with Crippen molar-refractivity contribution in [2.24, 2.45) is 0 Å². The van der Waals surface area contributed by atoms with E-state index in [2.05, 4.69) is 15.2 Å². The molecule has 0 aliphatic carbocycles. The van der Waals surface area contributed by atoms with Gasteiger partial charge < -0.3 is 24.1 Å². The number of fused-ring (bicyclic) bond motifs is 2. The van der Waals surface area contributed by atoms with Crippen LogP contribution in [0.15, 0.2) is 24.5 Å². The lowest BCUT2D eigenvalue weighted by molar-refractivity contribution is -0.0681. The summed E-state index contributed by atoms with van der Waals surface area (Å²) in [6.45, 7) is 3.31. The number of rotatable bonds is 7. The summed E-state index contributed by atoms with van der Waals surface area (Å²) < 4.78 is 25.7. The molecule has 5 aromatic rings. The first-order valence-corrected chi connectivity index (χ1v) is 13.0. The molecular weight excluding hydrogens is 504 g/mol. The van der Waals surface area contributed by atoms with Crippen LogP contribution in [0.1, 0.15) is 28.4 Å². The van der Waals surface area contributed by atoms with E-state index in [-0.39, 0.29) is 6.61 Å². The predicted molar refractivity (Wildman–Crippen MR) is 133 cm³/mol. The van der Waals surface area contributed by atoms with Gasteiger partial charge in [-0.3, -0.25) is 0 Å². The number of nitrogens with zero attached hydrogens (tertiary/aromatic N) is 6. The van der Waals surface area contributed by atoms with Crippen LogP contribution in [0.3, 0.4) is 0 Å². The van der Waals surface area contributed by atoms with E-state index in [1.165, 1.54) is 22.7 Å². The number of ether oxygens (including phenoxy) is 4. The third-order valence-corrected chi connectivity index (χ3v) is 8.27. The average Bonchev–Trinajstić information content (AvgIpc) is 3.64. The molecule has 11 nitrogen and oxygen atoms in total. The van der Waals surface area contributed by atoms with Crippen LogP contribution in [0.5, 0.6) is 16.7 Å². The van der Waals surface area contributed by atoms with Crippen molar-refractivity contribution in [3.63, 3.8) is 0 Å². The third-order valence-electron chi connectivity index (χ3n) is 6.18. The fraction of sp³-hybridized carbons (Fsp3) is 0.391. The molecule has 0 atom stereocenters. The van der Waals surface area contributed by atoms with Gasteiger partial charge in [0.25, 0.3) is 5.19 Å². The van der Waals surface area contributed by atoms with E-state index in [1.54, 1.807) is 29.4 Å². The topological polar surface area (TPSA) is 118 Å². The highest BCUT2D eigenvalue weighted by Crippen LogP contribution is 2.36. The number of methoxy groups -OCH3 is 2. The first-order valence-electron chi connectivity index (χ1n) is 11.3. The molecule has 0 bridgehead atoms. The van der Waals surface area contributed by atoms with Gasteiger partial charge in [-0.1, -0.05) is 0 Å². The Balaban J connectivity index is 1.29. The van der Waals surface area contributed by atoms with Crippen molar-refractivity contribution in [1.82, 2.24) is 29.2 Å². The molecule has 6 heterocycles. The highest BCUT2D eigenvalue weighted by atomic mass is 32.1. The smallest absolute Gasteiger partial charge is 0.294 e. The van der Waals surface area contributed by atoms with Crippen LogP contribution in [-0.4, -0.2) is 61.7 Å². The van der Waals surface area contributed by atoms with Gasteiger partial charge in [-0.05, 0) is 24.3 Å². The summed E-state index contributed by atoms with van der Waals surface area (Å²) in [6.07, 6.45) is 4.69. The van der Waals surface area contributed by atoms with Gasteiger partial charge in [-0.15, -0.1) is 16.4 Å². The van der Waals surface area contributed by atoms with Crippen LogP contribution >= 0.6 is 22.7 Å².